The molecule has 2 rings (SSSR count). The molecule has 0 spiro atoms. The first-order chi connectivity index (χ1) is 9.60. The van der Waals surface area contributed by atoms with Crippen LogP contribution in [0.3, 0.4) is 0 Å². The van der Waals surface area contributed by atoms with Crippen LogP contribution in [0.2, 0.25) is 0 Å². The van der Waals surface area contributed by atoms with E-state index in [4.69, 9.17) is 5.26 Å². The lowest BCUT2D eigenvalue weighted by molar-refractivity contribution is 0.264. The van der Waals surface area contributed by atoms with Gasteiger partial charge in [-0.1, -0.05) is 19.9 Å². The number of nitrogens with zero attached hydrogens (tertiary/aromatic N) is 2. The third-order valence-corrected chi connectivity index (χ3v) is 4.67. The first-order valence-corrected chi connectivity index (χ1v) is 7.82. The molecule has 0 bridgehead atoms. The molecule has 0 amide bonds. The summed E-state index contributed by atoms with van der Waals surface area (Å²) < 4.78 is 0. The summed E-state index contributed by atoms with van der Waals surface area (Å²) in [6.07, 6.45) is 4.02. The molecule has 0 aliphatic carbocycles. The molecule has 1 aromatic rings. The summed E-state index contributed by atoms with van der Waals surface area (Å²) in [5.74, 6) is 1.70. The predicted molar refractivity (Wildman–Crippen MR) is 83.4 cm³/mol. The van der Waals surface area contributed by atoms with Crippen LogP contribution < -0.4 is 0 Å². The van der Waals surface area contributed by atoms with Crippen molar-refractivity contribution in [1.29, 1.82) is 5.26 Å². The zero-order valence-corrected chi connectivity index (χ0v) is 13.0. The Hall–Kier alpha value is -1.33. The van der Waals surface area contributed by atoms with Gasteiger partial charge in [-0.3, -0.25) is 4.90 Å². The van der Waals surface area contributed by atoms with E-state index >= 15 is 0 Å². The summed E-state index contributed by atoms with van der Waals surface area (Å²) >= 11 is 0. The van der Waals surface area contributed by atoms with Crippen molar-refractivity contribution < 1.29 is 0 Å². The average molecular weight is 270 g/mol. The smallest absolute Gasteiger partial charge is 0.0991 e. The normalized spacial score (nSPS) is 20.6. The van der Waals surface area contributed by atoms with Crippen molar-refractivity contribution in [3.05, 3.63) is 34.9 Å². The van der Waals surface area contributed by atoms with Gasteiger partial charge in [0.05, 0.1) is 11.6 Å². The summed E-state index contributed by atoms with van der Waals surface area (Å²) in [4.78, 5) is 2.58. The number of hydrogen-bond acceptors (Lipinski definition) is 2. The van der Waals surface area contributed by atoms with Gasteiger partial charge in [-0.2, -0.15) is 5.26 Å². The van der Waals surface area contributed by atoms with Crippen LogP contribution in [0.15, 0.2) is 18.2 Å². The Labute approximate surface area is 123 Å². The van der Waals surface area contributed by atoms with Gasteiger partial charge in [0.25, 0.3) is 0 Å². The van der Waals surface area contributed by atoms with Gasteiger partial charge in [0.2, 0.25) is 0 Å². The number of benzene rings is 1. The number of rotatable bonds is 3. The van der Waals surface area contributed by atoms with Crippen LogP contribution in [0.25, 0.3) is 0 Å². The molecule has 1 heterocycles. The number of aryl methyl sites for hydroxylation is 1. The highest BCUT2D eigenvalue weighted by Crippen LogP contribution is 2.25. The molecule has 0 saturated carbocycles. The molecule has 1 aliphatic rings. The Balaban J connectivity index is 1.98. The van der Waals surface area contributed by atoms with Crippen molar-refractivity contribution in [3.8, 4) is 6.07 Å². The molecule has 108 valence electrons. The monoisotopic (exact) mass is 270 g/mol. The molecule has 0 aromatic heterocycles. The third-order valence-electron chi connectivity index (χ3n) is 4.67. The summed E-state index contributed by atoms with van der Waals surface area (Å²) in [5.41, 5.74) is 3.38. The van der Waals surface area contributed by atoms with E-state index < -0.39 is 0 Å². The van der Waals surface area contributed by atoms with Crippen LogP contribution >= 0.6 is 0 Å². The highest BCUT2D eigenvalue weighted by Gasteiger charge is 2.19. The van der Waals surface area contributed by atoms with Gasteiger partial charge < -0.3 is 0 Å². The Morgan fingerprint density at radius 3 is 2.75 bits per heavy atom. The van der Waals surface area contributed by atoms with Crippen LogP contribution in [-0.4, -0.2) is 18.0 Å². The first-order valence-electron chi connectivity index (χ1n) is 7.82. The van der Waals surface area contributed by atoms with Crippen LogP contribution in [0.4, 0.5) is 0 Å². The molecule has 2 heteroatoms. The second kappa shape index (κ2) is 6.90. The summed E-state index contributed by atoms with van der Waals surface area (Å²) in [6.45, 7) is 10.3. The Morgan fingerprint density at radius 2 is 2.10 bits per heavy atom. The zero-order valence-electron chi connectivity index (χ0n) is 13.0. The van der Waals surface area contributed by atoms with Crippen molar-refractivity contribution in [3.63, 3.8) is 0 Å². The zero-order chi connectivity index (χ0) is 14.5. The van der Waals surface area contributed by atoms with Gasteiger partial charge in [-0.15, -0.1) is 0 Å². The average Bonchev–Trinajstić information content (AvgIpc) is 2.66. The second-order valence-corrected chi connectivity index (χ2v) is 6.46. The minimum atomic E-state index is 0.766. The number of nitriles is 1. The molecule has 0 radical (unpaired) electrons. The van der Waals surface area contributed by atoms with Gasteiger partial charge in [0.15, 0.2) is 0 Å². The molecule has 1 atom stereocenters. The number of likely N-dealkylation sites (tertiary alicyclic amines) is 1. The summed E-state index contributed by atoms with van der Waals surface area (Å²) in [7, 11) is 0. The Bertz CT molecular complexity index is 485. The third kappa shape index (κ3) is 3.84. The fourth-order valence-electron chi connectivity index (χ4n) is 3.19. The van der Waals surface area contributed by atoms with Crippen molar-refractivity contribution in [2.24, 2.45) is 11.8 Å². The maximum Gasteiger partial charge on any atom is 0.0991 e. The lowest BCUT2D eigenvalue weighted by Crippen LogP contribution is -2.25. The molecule has 1 aliphatic heterocycles. The maximum atomic E-state index is 8.93. The van der Waals surface area contributed by atoms with Crippen LogP contribution in [0.1, 0.15) is 49.8 Å². The molecule has 20 heavy (non-hydrogen) atoms. The minimum absolute atomic E-state index is 0.766. The first kappa shape index (κ1) is 15.1. The maximum absolute atomic E-state index is 8.93. The largest absolute Gasteiger partial charge is 0.299 e. The molecule has 1 saturated heterocycles. The molecule has 0 N–H and O–H groups in total. The molecular formula is C18H26N2. The second-order valence-electron chi connectivity index (χ2n) is 6.46. The summed E-state index contributed by atoms with van der Waals surface area (Å²) in [5, 5.41) is 8.93. The van der Waals surface area contributed by atoms with E-state index in [0.717, 1.165) is 23.9 Å². The van der Waals surface area contributed by atoms with E-state index in [9.17, 15) is 0 Å². The lowest BCUT2D eigenvalue weighted by Gasteiger charge is -2.22. The van der Waals surface area contributed by atoms with E-state index in [1.165, 1.54) is 43.5 Å². The summed E-state index contributed by atoms with van der Waals surface area (Å²) in [6, 6.07) is 8.28. The molecule has 1 fully saturated rings. The predicted octanol–water partition coefficient (Wildman–Crippen LogP) is 4.12. The topological polar surface area (TPSA) is 27.0 Å². The van der Waals surface area contributed by atoms with Crippen molar-refractivity contribution in [2.75, 3.05) is 13.1 Å². The van der Waals surface area contributed by atoms with Gasteiger partial charge in [-0.25, -0.2) is 0 Å². The minimum Gasteiger partial charge on any atom is -0.299 e. The van der Waals surface area contributed by atoms with Gasteiger partial charge >= 0.3 is 0 Å². The van der Waals surface area contributed by atoms with E-state index in [1.807, 2.05) is 12.1 Å². The number of hydrogen-bond donors (Lipinski definition) is 0. The van der Waals surface area contributed by atoms with E-state index in [-0.39, 0.29) is 0 Å². The fraction of sp³-hybridized carbons (Fsp3) is 0.611. The molecular weight excluding hydrogens is 244 g/mol. The van der Waals surface area contributed by atoms with E-state index in [2.05, 4.69) is 37.8 Å². The quantitative estimate of drug-likeness (QED) is 0.826. The highest BCUT2D eigenvalue weighted by molar-refractivity contribution is 5.37. The van der Waals surface area contributed by atoms with E-state index in [0.29, 0.717) is 0 Å². The van der Waals surface area contributed by atoms with Gasteiger partial charge in [0, 0.05) is 6.54 Å². The standard InChI is InChI=1S/C18H26N2/c1-14(2)17-5-4-9-20(10-8-17)13-18-7-6-16(12-19)11-15(18)3/h6-7,11,14,17H,4-5,8-10,13H2,1-3H3. The van der Waals surface area contributed by atoms with Gasteiger partial charge in [-0.05, 0) is 74.4 Å². The van der Waals surface area contributed by atoms with E-state index in [1.54, 1.807) is 0 Å². The highest BCUT2D eigenvalue weighted by atomic mass is 15.1. The van der Waals surface area contributed by atoms with Crippen molar-refractivity contribution in [1.82, 2.24) is 4.90 Å². The fourth-order valence-corrected chi connectivity index (χ4v) is 3.19. The molecule has 1 unspecified atom stereocenters. The SMILES string of the molecule is Cc1cc(C#N)ccc1CN1CCCC(C(C)C)CC1. The molecule has 1 aromatic carbocycles. The van der Waals surface area contributed by atoms with Gasteiger partial charge in [0.1, 0.15) is 0 Å². The van der Waals surface area contributed by atoms with Crippen molar-refractivity contribution in [2.45, 2.75) is 46.6 Å². The Kier molecular flexibility index (Phi) is 5.20. The van der Waals surface area contributed by atoms with Crippen LogP contribution in [0, 0.1) is 30.1 Å². The van der Waals surface area contributed by atoms with Crippen molar-refractivity contribution >= 4 is 0 Å². The van der Waals surface area contributed by atoms with Crippen LogP contribution in [0.5, 0.6) is 0 Å². The Morgan fingerprint density at radius 1 is 1.30 bits per heavy atom. The van der Waals surface area contributed by atoms with Crippen LogP contribution in [-0.2, 0) is 6.54 Å². The molecule has 2 nitrogen and oxygen atoms in total. The lowest BCUT2D eigenvalue weighted by atomic mass is 9.89.